The smallest absolute Gasteiger partial charge is 0.265 e. The number of carbonyl (C=O) groups is 1. The van der Waals surface area contributed by atoms with Gasteiger partial charge in [-0.05, 0) is 43.3 Å². The molecule has 0 aliphatic carbocycles. The highest BCUT2D eigenvalue weighted by atomic mass is 32.2. The molecule has 9 heteroatoms. The molecule has 0 aliphatic heterocycles. The third kappa shape index (κ3) is 4.49. The highest BCUT2D eigenvalue weighted by Crippen LogP contribution is 2.18. The fourth-order valence-corrected chi connectivity index (χ4v) is 2.30. The summed E-state index contributed by atoms with van der Waals surface area (Å²) in [5, 5.41) is 7.47. The van der Waals surface area contributed by atoms with Crippen LogP contribution in [0, 0.1) is 11.6 Å². The Kier molecular flexibility index (Phi) is 5.15. The number of hydrogen-bond donors (Lipinski definition) is 2. The normalized spacial score (nSPS) is 12.5. The minimum atomic E-state index is -3.82. The van der Waals surface area contributed by atoms with Crippen LogP contribution >= 0.6 is 0 Å². The molecule has 0 heterocycles. The highest BCUT2D eigenvalue weighted by Gasteiger charge is 2.16. The Balaban J connectivity index is 2.02. The summed E-state index contributed by atoms with van der Waals surface area (Å²) in [6.45, 7) is 1.43. The SMILES string of the molecule is C[C@@H](Oc1ccc(F)c(F)c1)C(=O)Nc1ccc(S(N)(=O)=O)cc1. The maximum Gasteiger partial charge on any atom is 0.265 e. The average molecular weight is 356 g/mol. The molecular formula is C15H14F2N2O4S. The highest BCUT2D eigenvalue weighted by molar-refractivity contribution is 7.89. The van der Waals surface area contributed by atoms with Crippen molar-refractivity contribution < 1.29 is 26.7 Å². The van der Waals surface area contributed by atoms with Gasteiger partial charge in [0.05, 0.1) is 4.90 Å². The number of nitrogens with two attached hydrogens (primary N) is 1. The third-order valence-electron chi connectivity index (χ3n) is 3.02. The number of halogens is 2. The maximum atomic E-state index is 13.1. The number of anilines is 1. The number of nitrogens with one attached hydrogen (secondary N) is 1. The summed E-state index contributed by atoms with van der Waals surface area (Å²) in [5.41, 5.74) is 0.327. The van der Waals surface area contributed by atoms with Gasteiger partial charge in [0.25, 0.3) is 5.91 Å². The molecule has 0 fully saturated rings. The molecule has 128 valence electrons. The van der Waals surface area contributed by atoms with E-state index in [-0.39, 0.29) is 10.6 Å². The molecule has 1 atom stereocenters. The van der Waals surface area contributed by atoms with Crippen molar-refractivity contribution in [2.45, 2.75) is 17.9 Å². The first-order chi connectivity index (χ1) is 11.2. The minimum Gasteiger partial charge on any atom is -0.481 e. The lowest BCUT2D eigenvalue weighted by Crippen LogP contribution is -2.30. The van der Waals surface area contributed by atoms with Crippen molar-refractivity contribution in [3.8, 4) is 5.75 Å². The Morgan fingerprint density at radius 2 is 1.75 bits per heavy atom. The number of carbonyl (C=O) groups excluding carboxylic acids is 1. The number of hydrogen-bond acceptors (Lipinski definition) is 4. The fourth-order valence-electron chi connectivity index (χ4n) is 1.78. The zero-order valence-electron chi connectivity index (χ0n) is 12.5. The van der Waals surface area contributed by atoms with Crippen LogP contribution in [-0.4, -0.2) is 20.4 Å². The van der Waals surface area contributed by atoms with Crippen molar-refractivity contribution in [2.24, 2.45) is 5.14 Å². The van der Waals surface area contributed by atoms with Gasteiger partial charge in [0.2, 0.25) is 10.0 Å². The van der Waals surface area contributed by atoms with E-state index in [2.05, 4.69) is 5.32 Å². The summed E-state index contributed by atoms with van der Waals surface area (Å²) >= 11 is 0. The monoisotopic (exact) mass is 356 g/mol. The second-order valence-electron chi connectivity index (χ2n) is 4.89. The van der Waals surface area contributed by atoms with E-state index in [1.165, 1.54) is 37.3 Å². The summed E-state index contributed by atoms with van der Waals surface area (Å²) in [4.78, 5) is 11.9. The summed E-state index contributed by atoms with van der Waals surface area (Å²) < 4.78 is 53.4. The van der Waals surface area contributed by atoms with Gasteiger partial charge in [0, 0.05) is 11.8 Å². The molecule has 0 radical (unpaired) electrons. The molecule has 0 unspecified atom stereocenters. The summed E-state index contributed by atoms with van der Waals surface area (Å²) in [6.07, 6.45) is -0.993. The van der Waals surface area contributed by atoms with Crippen LogP contribution in [0.3, 0.4) is 0 Å². The number of rotatable bonds is 5. The lowest BCUT2D eigenvalue weighted by molar-refractivity contribution is -0.122. The van der Waals surface area contributed by atoms with Crippen molar-refractivity contribution in [2.75, 3.05) is 5.32 Å². The zero-order valence-corrected chi connectivity index (χ0v) is 13.3. The van der Waals surface area contributed by atoms with E-state index < -0.39 is 33.7 Å². The first-order valence-electron chi connectivity index (χ1n) is 6.72. The van der Waals surface area contributed by atoms with Crippen LogP contribution < -0.4 is 15.2 Å². The Morgan fingerprint density at radius 3 is 2.29 bits per heavy atom. The molecule has 2 aromatic rings. The lowest BCUT2D eigenvalue weighted by Gasteiger charge is -2.15. The third-order valence-corrected chi connectivity index (χ3v) is 3.95. The Morgan fingerprint density at radius 1 is 1.12 bits per heavy atom. The molecule has 0 aliphatic rings. The summed E-state index contributed by atoms with van der Waals surface area (Å²) in [7, 11) is -3.82. The van der Waals surface area contributed by atoms with Gasteiger partial charge in [-0.25, -0.2) is 22.3 Å². The number of sulfonamides is 1. The summed E-state index contributed by atoms with van der Waals surface area (Å²) in [5.74, 6) is -2.66. The fraction of sp³-hybridized carbons (Fsp3) is 0.133. The predicted molar refractivity (Wildman–Crippen MR) is 82.9 cm³/mol. The Bertz CT molecular complexity index is 854. The molecule has 0 spiro atoms. The molecule has 6 nitrogen and oxygen atoms in total. The minimum absolute atomic E-state index is 0.00104. The van der Waals surface area contributed by atoms with Crippen LogP contribution in [0.5, 0.6) is 5.75 Å². The van der Waals surface area contributed by atoms with Crippen LogP contribution in [0.1, 0.15) is 6.92 Å². The van der Waals surface area contributed by atoms with E-state index in [0.717, 1.165) is 12.1 Å². The van der Waals surface area contributed by atoms with E-state index in [0.29, 0.717) is 5.69 Å². The first kappa shape index (κ1) is 17.8. The van der Waals surface area contributed by atoms with Crippen molar-refractivity contribution >= 4 is 21.6 Å². The van der Waals surface area contributed by atoms with E-state index in [1.807, 2.05) is 0 Å². The lowest BCUT2D eigenvalue weighted by atomic mass is 10.3. The van der Waals surface area contributed by atoms with E-state index >= 15 is 0 Å². The van der Waals surface area contributed by atoms with Gasteiger partial charge in [0.1, 0.15) is 5.75 Å². The molecule has 0 saturated heterocycles. The van der Waals surface area contributed by atoms with Gasteiger partial charge in [-0.15, -0.1) is 0 Å². The van der Waals surface area contributed by atoms with E-state index in [4.69, 9.17) is 9.88 Å². The Labute approximate surface area is 137 Å². The van der Waals surface area contributed by atoms with Crippen molar-refractivity contribution in [1.29, 1.82) is 0 Å². The number of ether oxygens (including phenoxy) is 1. The van der Waals surface area contributed by atoms with Gasteiger partial charge >= 0.3 is 0 Å². The molecule has 1 amide bonds. The molecular weight excluding hydrogens is 342 g/mol. The van der Waals surface area contributed by atoms with Crippen LogP contribution in [0.25, 0.3) is 0 Å². The maximum absolute atomic E-state index is 13.1. The first-order valence-corrected chi connectivity index (χ1v) is 8.27. The molecule has 0 saturated carbocycles. The van der Waals surface area contributed by atoms with Crippen LogP contribution in [0.15, 0.2) is 47.4 Å². The zero-order chi connectivity index (χ0) is 17.9. The Hall–Kier alpha value is -2.52. The predicted octanol–water partition coefficient (Wildman–Crippen LogP) is 2.02. The van der Waals surface area contributed by atoms with Gasteiger partial charge < -0.3 is 10.1 Å². The van der Waals surface area contributed by atoms with Gasteiger partial charge in [-0.1, -0.05) is 0 Å². The standard InChI is InChI=1S/C15H14F2N2O4S/c1-9(23-11-4-7-13(16)14(17)8-11)15(20)19-10-2-5-12(6-3-10)24(18,21)22/h2-9H,1H3,(H,19,20)(H2,18,21,22)/t9-/m1/s1. The van der Waals surface area contributed by atoms with Crippen molar-refractivity contribution in [3.63, 3.8) is 0 Å². The summed E-state index contributed by atoms with van der Waals surface area (Å²) in [6, 6.07) is 8.13. The van der Waals surface area contributed by atoms with Crippen molar-refractivity contribution in [3.05, 3.63) is 54.1 Å². The number of primary sulfonamides is 1. The molecule has 2 aromatic carbocycles. The topological polar surface area (TPSA) is 98.5 Å². The molecule has 2 rings (SSSR count). The van der Waals surface area contributed by atoms with E-state index in [9.17, 15) is 22.0 Å². The molecule has 0 aromatic heterocycles. The van der Waals surface area contributed by atoms with Gasteiger partial charge in [-0.3, -0.25) is 4.79 Å². The molecule has 0 bridgehead atoms. The molecule has 3 N–H and O–H groups in total. The number of amides is 1. The van der Waals surface area contributed by atoms with Crippen LogP contribution in [0.2, 0.25) is 0 Å². The van der Waals surface area contributed by atoms with E-state index in [1.54, 1.807) is 0 Å². The quantitative estimate of drug-likeness (QED) is 0.856. The van der Waals surface area contributed by atoms with Crippen molar-refractivity contribution in [1.82, 2.24) is 0 Å². The van der Waals surface area contributed by atoms with Crippen LogP contribution in [-0.2, 0) is 14.8 Å². The second kappa shape index (κ2) is 6.93. The largest absolute Gasteiger partial charge is 0.481 e. The van der Waals surface area contributed by atoms with Crippen LogP contribution in [0.4, 0.5) is 14.5 Å². The molecule has 24 heavy (non-hydrogen) atoms. The average Bonchev–Trinajstić information content (AvgIpc) is 2.50. The number of benzene rings is 2. The van der Waals surface area contributed by atoms with Gasteiger partial charge in [-0.2, -0.15) is 0 Å². The second-order valence-corrected chi connectivity index (χ2v) is 6.46. The van der Waals surface area contributed by atoms with Gasteiger partial charge in [0.15, 0.2) is 17.7 Å².